The molecule has 2 aromatic rings. The highest BCUT2D eigenvalue weighted by atomic mass is 35.5. The van der Waals surface area contributed by atoms with Crippen LogP contribution in [0.3, 0.4) is 0 Å². The molecule has 0 amide bonds. The third-order valence-corrected chi connectivity index (χ3v) is 1.66. The van der Waals surface area contributed by atoms with Crippen molar-refractivity contribution >= 4 is 11.6 Å². The maximum absolute atomic E-state index is 5.65. The van der Waals surface area contributed by atoms with Gasteiger partial charge in [-0.15, -0.1) is 0 Å². The van der Waals surface area contributed by atoms with Crippen molar-refractivity contribution in [2.75, 3.05) is 0 Å². The Hall–Kier alpha value is -1.55. The van der Waals surface area contributed by atoms with Gasteiger partial charge in [-0.1, -0.05) is 11.6 Å². The van der Waals surface area contributed by atoms with E-state index in [1.54, 1.807) is 30.9 Å². The number of nitrogens with zero attached hydrogens (tertiary/aromatic N) is 4. The van der Waals surface area contributed by atoms with Gasteiger partial charge in [0, 0.05) is 18.0 Å². The molecule has 0 N–H and O–H groups in total. The van der Waals surface area contributed by atoms with E-state index in [-0.39, 0.29) is 0 Å². The van der Waals surface area contributed by atoms with Gasteiger partial charge in [0.1, 0.15) is 0 Å². The molecule has 0 saturated carbocycles. The highest BCUT2D eigenvalue weighted by Crippen LogP contribution is 2.12. The molecular weight excluding hydrogens is 188 g/mol. The van der Waals surface area contributed by atoms with Gasteiger partial charge in [-0.2, -0.15) is 10.2 Å². The molecule has 0 aromatic carbocycles. The van der Waals surface area contributed by atoms with E-state index in [0.717, 1.165) is 5.56 Å². The first-order valence-electron chi connectivity index (χ1n) is 3.61. The van der Waals surface area contributed by atoms with E-state index in [9.17, 15) is 0 Å². The van der Waals surface area contributed by atoms with Crippen LogP contribution in [-0.4, -0.2) is 20.2 Å². The van der Waals surface area contributed by atoms with Crippen molar-refractivity contribution in [3.8, 4) is 11.4 Å². The fourth-order valence-corrected chi connectivity index (χ4v) is 0.982. The minimum atomic E-state index is 0.519. The fraction of sp³-hybridized carbons (Fsp3) is 0. The summed E-state index contributed by atoms with van der Waals surface area (Å²) in [6, 6.07) is 1.79. The second-order valence-electron chi connectivity index (χ2n) is 2.36. The molecule has 4 nitrogen and oxygen atoms in total. The topological polar surface area (TPSA) is 51.6 Å². The molecule has 0 fully saturated rings. The van der Waals surface area contributed by atoms with E-state index in [1.807, 2.05) is 0 Å². The molecular formula is C8H5ClN4. The van der Waals surface area contributed by atoms with E-state index in [2.05, 4.69) is 20.2 Å². The summed E-state index contributed by atoms with van der Waals surface area (Å²) in [5, 5.41) is 7.90. The molecule has 0 aliphatic carbocycles. The van der Waals surface area contributed by atoms with Gasteiger partial charge in [0.15, 0.2) is 5.82 Å². The number of hydrogen-bond acceptors (Lipinski definition) is 4. The summed E-state index contributed by atoms with van der Waals surface area (Å²) in [6.45, 7) is 0. The highest BCUT2D eigenvalue weighted by molar-refractivity contribution is 6.30. The summed E-state index contributed by atoms with van der Waals surface area (Å²) in [7, 11) is 0. The lowest BCUT2D eigenvalue weighted by atomic mass is 10.3. The Kier molecular flexibility index (Phi) is 2.14. The van der Waals surface area contributed by atoms with Crippen molar-refractivity contribution in [2.45, 2.75) is 0 Å². The average molecular weight is 193 g/mol. The summed E-state index contributed by atoms with van der Waals surface area (Å²) in [5.74, 6) is 0.597. The highest BCUT2D eigenvalue weighted by Gasteiger charge is 1.99. The molecule has 0 spiro atoms. The van der Waals surface area contributed by atoms with Gasteiger partial charge in [-0.3, -0.25) is 0 Å². The van der Waals surface area contributed by atoms with Crippen molar-refractivity contribution in [1.82, 2.24) is 20.2 Å². The standard InChI is InChI=1S/C8H5ClN4/c9-7-4-10-8(11-5-7)6-1-2-12-13-3-6/h1-5H. The Morgan fingerprint density at radius 1 is 1.00 bits per heavy atom. The van der Waals surface area contributed by atoms with Crippen molar-refractivity contribution in [3.05, 3.63) is 35.9 Å². The molecule has 13 heavy (non-hydrogen) atoms. The zero-order valence-electron chi connectivity index (χ0n) is 6.55. The van der Waals surface area contributed by atoms with Crippen LogP contribution in [0.1, 0.15) is 0 Å². The van der Waals surface area contributed by atoms with Crippen LogP contribution in [0.4, 0.5) is 0 Å². The Bertz CT molecular complexity index is 387. The maximum Gasteiger partial charge on any atom is 0.160 e. The first-order valence-corrected chi connectivity index (χ1v) is 3.98. The lowest BCUT2D eigenvalue weighted by Gasteiger charge is -1.96. The molecule has 0 saturated heterocycles. The first kappa shape index (κ1) is 8.07. The van der Waals surface area contributed by atoms with Crippen LogP contribution in [0.2, 0.25) is 5.02 Å². The van der Waals surface area contributed by atoms with Gasteiger partial charge in [0.05, 0.1) is 17.4 Å². The van der Waals surface area contributed by atoms with Crippen LogP contribution >= 0.6 is 11.6 Å². The molecule has 5 heteroatoms. The minimum Gasteiger partial charge on any atom is -0.235 e. The quantitative estimate of drug-likeness (QED) is 0.689. The predicted molar refractivity (Wildman–Crippen MR) is 48.1 cm³/mol. The van der Waals surface area contributed by atoms with Crippen LogP contribution in [0.15, 0.2) is 30.9 Å². The second kappa shape index (κ2) is 3.45. The van der Waals surface area contributed by atoms with Crippen LogP contribution in [-0.2, 0) is 0 Å². The van der Waals surface area contributed by atoms with E-state index >= 15 is 0 Å². The molecule has 2 heterocycles. The molecule has 0 bridgehead atoms. The normalized spacial score (nSPS) is 9.92. The summed E-state index contributed by atoms with van der Waals surface area (Å²) in [4.78, 5) is 8.08. The van der Waals surface area contributed by atoms with Gasteiger partial charge in [-0.25, -0.2) is 9.97 Å². The van der Waals surface area contributed by atoms with Crippen molar-refractivity contribution in [2.24, 2.45) is 0 Å². The number of hydrogen-bond donors (Lipinski definition) is 0. The first-order chi connectivity index (χ1) is 6.36. The Morgan fingerprint density at radius 2 is 1.77 bits per heavy atom. The Labute approximate surface area is 79.6 Å². The average Bonchev–Trinajstić information content (AvgIpc) is 2.20. The van der Waals surface area contributed by atoms with E-state index in [1.165, 1.54) is 0 Å². The monoisotopic (exact) mass is 192 g/mol. The zero-order chi connectivity index (χ0) is 9.10. The van der Waals surface area contributed by atoms with Crippen LogP contribution in [0, 0.1) is 0 Å². The SMILES string of the molecule is Clc1cnc(-c2ccnnc2)nc1. The number of rotatable bonds is 1. The third-order valence-electron chi connectivity index (χ3n) is 1.46. The Balaban J connectivity index is 2.42. The predicted octanol–water partition coefficient (Wildman–Crippen LogP) is 1.59. The smallest absolute Gasteiger partial charge is 0.160 e. The van der Waals surface area contributed by atoms with Gasteiger partial charge in [-0.05, 0) is 6.07 Å². The van der Waals surface area contributed by atoms with Crippen molar-refractivity contribution in [1.29, 1.82) is 0 Å². The van der Waals surface area contributed by atoms with Crippen LogP contribution in [0.25, 0.3) is 11.4 Å². The van der Waals surface area contributed by atoms with Gasteiger partial charge >= 0.3 is 0 Å². The minimum absolute atomic E-state index is 0.519. The van der Waals surface area contributed by atoms with E-state index < -0.39 is 0 Å². The summed E-state index contributed by atoms with van der Waals surface area (Å²) in [5.41, 5.74) is 0.826. The largest absolute Gasteiger partial charge is 0.235 e. The van der Waals surface area contributed by atoms with E-state index in [4.69, 9.17) is 11.6 Å². The molecule has 0 aliphatic rings. The molecule has 0 atom stereocenters. The second-order valence-corrected chi connectivity index (χ2v) is 2.79. The van der Waals surface area contributed by atoms with Crippen molar-refractivity contribution < 1.29 is 0 Å². The summed E-state index contributed by atoms with van der Waals surface area (Å²) >= 11 is 5.65. The fourth-order valence-electron chi connectivity index (χ4n) is 0.884. The summed E-state index contributed by atoms with van der Waals surface area (Å²) in [6.07, 6.45) is 6.28. The maximum atomic E-state index is 5.65. The molecule has 0 aliphatic heterocycles. The van der Waals surface area contributed by atoms with Crippen molar-refractivity contribution in [3.63, 3.8) is 0 Å². The number of halogens is 1. The Morgan fingerprint density at radius 3 is 2.38 bits per heavy atom. The summed E-state index contributed by atoms with van der Waals surface area (Å²) < 4.78 is 0. The third kappa shape index (κ3) is 1.78. The van der Waals surface area contributed by atoms with Crippen LogP contribution in [0.5, 0.6) is 0 Å². The van der Waals surface area contributed by atoms with Crippen LogP contribution < -0.4 is 0 Å². The number of aromatic nitrogens is 4. The molecule has 2 rings (SSSR count). The molecule has 64 valence electrons. The molecule has 0 unspecified atom stereocenters. The van der Waals surface area contributed by atoms with Gasteiger partial charge in [0.2, 0.25) is 0 Å². The lowest BCUT2D eigenvalue weighted by Crippen LogP contribution is -1.88. The van der Waals surface area contributed by atoms with E-state index in [0.29, 0.717) is 10.8 Å². The lowest BCUT2D eigenvalue weighted by molar-refractivity contribution is 1.02. The zero-order valence-corrected chi connectivity index (χ0v) is 7.31. The van der Waals surface area contributed by atoms with Gasteiger partial charge in [0.25, 0.3) is 0 Å². The molecule has 2 aromatic heterocycles. The molecule has 0 radical (unpaired) electrons. The van der Waals surface area contributed by atoms with Gasteiger partial charge < -0.3 is 0 Å².